The number of nitrogens with one attached hydrogen (secondary N) is 2. The van der Waals surface area contributed by atoms with E-state index >= 15 is 0 Å². The SMILES string of the molecule is Cc1nn(-c2ccc(Br)cc2)c(C)c1C(=O)NC(C)C(=O)NCc1ccccc1. The lowest BCUT2D eigenvalue weighted by Gasteiger charge is -2.14. The van der Waals surface area contributed by atoms with E-state index in [-0.39, 0.29) is 11.8 Å². The van der Waals surface area contributed by atoms with Crippen LogP contribution in [0.3, 0.4) is 0 Å². The van der Waals surface area contributed by atoms with Gasteiger partial charge in [0, 0.05) is 11.0 Å². The van der Waals surface area contributed by atoms with Crippen LogP contribution >= 0.6 is 15.9 Å². The molecule has 0 spiro atoms. The van der Waals surface area contributed by atoms with Gasteiger partial charge in [0.15, 0.2) is 0 Å². The van der Waals surface area contributed by atoms with Crippen molar-refractivity contribution in [1.82, 2.24) is 20.4 Å². The third-order valence-corrected chi connectivity index (χ3v) is 5.17. The van der Waals surface area contributed by atoms with Crippen LogP contribution in [0.2, 0.25) is 0 Å². The molecule has 0 bridgehead atoms. The fraction of sp³-hybridized carbons (Fsp3) is 0.227. The molecule has 150 valence electrons. The van der Waals surface area contributed by atoms with Crippen LogP contribution in [-0.4, -0.2) is 27.6 Å². The highest BCUT2D eigenvalue weighted by molar-refractivity contribution is 9.10. The Balaban J connectivity index is 1.68. The largest absolute Gasteiger partial charge is 0.350 e. The van der Waals surface area contributed by atoms with Gasteiger partial charge in [-0.25, -0.2) is 4.68 Å². The number of aromatic nitrogens is 2. The molecule has 1 heterocycles. The van der Waals surface area contributed by atoms with E-state index in [9.17, 15) is 9.59 Å². The summed E-state index contributed by atoms with van der Waals surface area (Å²) in [5.41, 5.74) is 3.68. The number of hydrogen-bond donors (Lipinski definition) is 2. The first-order valence-corrected chi connectivity index (χ1v) is 10.1. The van der Waals surface area contributed by atoms with Crippen molar-refractivity contribution in [3.05, 3.63) is 81.6 Å². The molecule has 7 heteroatoms. The molecule has 6 nitrogen and oxygen atoms in total. The van der Waals surface area contributed by atoms with Gasteiger partial charge < -0.3 is 10.6 Å². The Bertz CT molecular complexity index is 1010. The number of amides is 2. The Labute approximate surface area is 178 Å². The first-order chi connectivity index (χ1) is 13.9. The molecule has 0 saturated carbocycles. The van der Waals surface area contributed by atoms with Gasteiger partial charge in [0.25, 0.3) is 5.91 Å². The van der Waals surface area contributed by atoms with E-state index in [1.807, 2.05) is 61.5 Å². The number of carbonyl (C=O) groups excluding carboxylic acids is 2. The zero-order valence-electron chi connectivity index (χ0n) is 16.6. The number of rotatable bonds is 6. The minimum Gasteiger partial charge on any atom is -0.350 e. The van der Waals surface area contributed by atoms with E-state index < -0.39 is 6.04 Å². The fourth-order valence-corrected chi connectivity index (χ4v) is 3.34. The molecule has 0 aliphatic rings. The van der Waals surface area contributed by atoms with Crippen LogP contribution in [-0.2, 0) is 11.3 Å². The summed E-state index contributed by atoms with van der Waals surface area (Å²) < 4.78 is 2.70. The average molecular weight is 455 g/mol. The summed E-state index contributed by atoms with van der Waals surface area (Å²) in [5, 5.41) is 10.1. The Morgan fingerprint density at radius 2 is 1.72 bits per heavy atom. The van der Waals surface area contributed by atoms with Crippen LogP contribution in [0.5, 0.6) is 0 Å². The van der Waals surface area contributed by atoms with Crippen LogP contribution in [0.1, 0.15) is 34.2 Å². The van der Waals surface area contributed by atoms with Crippen molar-refractivity contribution in [3.8, 4) is 5.69 Å². The van der Waals surface area contributed by atoms with E-state index in [1.165, 1.54) is 0 Å². The van der Waals surface area contributed by atoms with Gasteiger partial charge in [0.05, 0.1) is 22.6 Å². The second kappa shape index (κ2) is 9.05. The van der Waals surface area contributed by atoms with Crippen LogP contribution in [0.15, 0.2) is 59.1 Å². The van der Waals surface area contributed by atoms with Crippen LogP contribution in [0.4, 0.5) is 0 Å². The molecule has 3 aromatic rings. The number of aryl methyl sites for hydroxylation is 1. The average Bonchev–Trinajstić information content (AvgIpc) is 3.01. The van der Waals surface area contributed by atoms with Crippen molar-refractivity contribution in [2.75, 3.05) is 0 Å². The molecule has 0 saturated heterocycles. The minimum absolute atomic E-state index is 0.238. The van der Waals surface area contributed by atoms with Crippen molar-refractivity contribution >= 4 is 27.7 Å². The Morgan fingerprint density at radius 3 is 2.38 bits per heavy atom. The van der Waals surface area contributed by atoms with Crippen molar-refractivity contribution < 1.29 is 9.59 Å². The molecular weight excluding hydrogens is 432 g/mol. The lowest BCUT2D eigenvalue weighted by Crippen LogP contribution is -2.44. The van der Waals surface area contributed by atoms with Crippen molar-refractivity contribution in [3.63, 3.8) is 0 Å². The Morgan fingerprint density at radius 1 is 1.07 bits per heavy atom. The number of halogens is 1. The lowest BCUT2D eigenvalue weighted by atomic mass is 10.1. The van der Waals surface area contributed by atoms with Crippen molar-refractivity contribution in [1.29, 1.82) is 0 Å². The van der Waals surface area contributed by atoms with E-state index in [0.717, 1.165) is 21.4 Å². The van der Waals surface area contributed by atoms with Crippen LogP contribution in [0.25, 0.3) is 5.69 Å². The maximum atomic E-state index is 12.8. The van der Waals surface area contributed by atoms with E-state index in [0.29, 0.717) is 17.8 Å². The van der Waals surface area contributed by atoms with Gasteiger partial charge in [-0.2, -0.15) is 5.10 Å². The second-order valence-electron chi connectivity index (χ2n) is 6.83. The first-order valence-electron chi connectivity index (χ1n) is 9.31. The molecule has 0 aliphatic carbocycles. The maximum Gasteiger partial charge on any atom is 0.255 e. The van der Waals surface area contributed by atoms with E-state index in [4.69, 9.17) is 0 Å². The van der Waals surface area contributed by atoms with E-state index in [1.54, 1.807) is 18.5 Å². The maximum absolute atomic E-state index is 12.8. The van der Waals surface area contributed by atoms with Crippen LogP contribution in [0, 0.1) is 13.8 Å². The molecule has 0 fully saturated rings. The second-order valence-corrected chi connectivity index (χ2v) is 7.75. The van der Waals surface area contributed by atoms with Gasteiger partial charge in [-0.3, -0.25) is 9.59 Å². The summed E-state index contributed by atoms with van der Waals surface area (Å²) in [6.45, 7) is 5.72. The highest BCUT2D eigenvalue weighted by Gasteiger charge is 2.23. The number of hydrogen-bond acceptors (Lipinski definition) is 3. The van der Waals surface area contributed by atoms with Crippen molar-refractivity contribution in [2.24, 2.45) is 0 Å². The molecule has 2 amide bonds. The standard InChI is InChI=1S/C22H23BrN4O2/c1-14-20(16(3)27(26-14)19-11-9-18(23)10-12-19)22(29)25-15(2)21(28)24-13-17-7-5-4-6-8-17/h4-12,15H,13H2,1-3H3,(H,24,28)(H,25,29). The number of benzene rings is 2. The predicted octanol–water partition coefficient (Wildman–Crippen LogP) is 3.69. The topological polar surface area (TPSA) is 76.0 Å². The molecule has 0 radical (unpaired) electrons. The van der Waals surface area contributed by atoms with Gasteiger partial charge in [-0.1, -0.05) is 46.3 Å². The number of nitrogens with zero attached hydrogens (tertiary/aromatic N) is 2. The predicted molar refractivity (Wildman–Crippen MR) is 116 cm³/mol. The molecule has 0 aliphatic heterocycles. The quantitative estimate of drug-likeness (QED) is 0.596. The third kappa shape index (κ3) is 4.92. The Hall–Kier alpha value is -2.93. The normalized spacial score (nSPS) is 11.7. The summed E-state index contributed by atoms with van der Waals surface area (Å²) in [6, 6.07) is 16.7. The zero-order valence-corrected chi connectivity index (χ0v) is 18.2. The smallest absolute Gasteiger partial charge is 0.255 e. The molecule has 29 heavy (non-hydrogen) atoms. The van der Waals surface area contributed by atoms with Gasteiger partial charge in [0.2, 0.25) is 5.91 Å². The number of carbonyl (C=O) groups is 2. The molecule has 1 atom stereocenters. The van der Waals surface area contributed by atoms with Crippen LogP contribution < -0.4 is 10.6 Å². The molecule has 3 rings (SSSR count). The van der Waals surface area contributed by atoms with Crippen molar-refractivity contribution in [2.45, 2.75) is 33.4 Å². The van der Waals surface area contributed by atoms with Gasteiger partial charge >= 0.3 is 0 Å². The van der Waals surface area contributed by atoms with E-state index in [2.05, 4.69) is 31.7 Å². The highest BCUT2D eigenvalue weighted by Crippen LogP contribution is 2.20. The summed E-state index contributed by atoms with van der Waals surface area (Å²) in [5.74, 6) is -0.552. The fourth-order valence-electron chi connectivity index (χ4n) is 3.08. The zero-order chi connectivity index (χ0) is 21.0. The highest BCUT2D eigenvalue weighted by atomic mass is 79.9. The molecular formula is C22H23BrN4O2. The molecule has 2 N–H and O–H groups in total. The summed E-state index contributed by atoms with van der Waals surface area (Å²) in [4.78, 5) is 25.2. The molecule has 2 aromatic carbocycles. The third-order valence-electron chi connectivity index (χ3n) is 4.64. The first kappa shape index (κ1) is 20.8. The summed E-state index contributed by atoms with van der Waals surface area (Å²) in [6.07, 6.45) is 0. The van der Waals surface area contributed by atoms with Gasteiger partial charge in [0.1, 0.15) is 6.04 Å². The minimum atomic E-state index is -0.666. The monoisotopic (exact) mass is 454 g/mol. The van der Waals surface area contributed by atoms with Gasteiger partial charge in [-0.05, 0) is 50.6 Å². The summed E-state index contributed by atoms with van der Waals surface area (Å²) in [7, 11) is 0. The lowest BCUT2D eigenvalue weighted by molar-refractivity contribution is -0.122. The molecule has 1 aromatic heterocycles. The Kier molecular flexibility index (Phi) is 6.49. The molecule has 1 unspecified atom stereocenters. The van der Waals surface area contributed by atoms with Gasteiger partial charge in [-0.15, -0.1) is 0 Å². The summed E-state index contributed by atoms with van der Waals surface area (Å²) >= 11 is 3.42.